The molecule has 21 heavy (non-hydrogen) atoms. The molecule has 0 fully saturated rings. The number of pyridine rings is 1. The Morgan fingerprint density at radius 1 is 1.29 bits per heavy atom. The Kier molecular flexibility index (Phi) is 3.57. The summed E-state index contributed by atoms with van der Waals surface area (Å²) in [6.07, 6.45) is 3.35. The molecule has 0 unspecified atom stereocenters. The summed E-state index contributed by atoms with van der Waals surface area (Å²) in [5.41, 5.74) is 7.54. The van der Waals surface area contributed by atoms with Crippen LogP contribution in [0.1, 0.15) is 5.69 Å². The van der Waals surface area contributed by atoms with E-state index in [9.17, 15) is 4.79 Å². The molecule has 3 aromatic rings. The third kappa shape index (κ3) is 2.87. The van der Waals surface area contributed by atoms with E-state index in [0.29, 0.717) is 17.9 Å². The van der Waals surface area contributed by atoms with Gasteiger partial charge in [0.2, 0.25) is 5.91 Å². The lowest BCUT2D eigenvalue weighted by Crippen LogP contribution is -2.19. The second-order valence-corrected chi connectivity index (χ2v) is 4.54. The van der Waals surface area contributed by atoms with Gasteiger partial charge in [0.05, 0.1) is 23.1 Å². The average Bonchev–Trinajstić information content (AvgIpc) is 2.95. The molecule has 0 spiro atoms. The maximum absolute atomic E-state index is 12.1. The van der Waals surface area contributed by atoms with Gasteiger partial charge < -0.3 is 11.1 Å². The van der Waals surface area contributed by atoms with Gasteiger partial charge in [-0.2, -0.15) is 0 Å². The van der Waals surface area contributed by atoms with Crippen LogP contribution in [-0.2, 0) is 17.9 Å². The fourth-order valence-electron chi connectivity index (χ4n) is 2.05. The molecular formula is C14H14N6O. The maximum atomic E-state index is 12.1. The number of rotatable bonds is 4. The zero-order valence-electron chi connectivity index (χ0n) is 11.2. The molecule has 0 radical (unpaired) electrons. The van der Waals surface area contributed by atoms with Crippen LogP contribution in [0.15, 0.2) is 42.7 Å². The highest BCUT2D eigenvalue weighted by molar-refractivity contribution is 6.00. The lowest BCUT2D eigenvalue weighted by molar-refractivity contribution is -0.116. The molecule has 0 saturated carbocycles. The summed E-state index contributed by atoms with van der Waals surface area (Å²) in [5.74, 6) is -0.193. The first-order valence-corrected chi connectivity index (χ1v) is 6.49. The van der Waals surface area contributed by atoms with Crippen LogP contribution >= 0.6 is 0 Å². The zero-order chi connectivity index (χ0) is 14.7. The molecule has 1 amide bonds. The number of hydrogen-bond acceptors (Lipinski definition) is 5. The average molecular weight is 282 g/mol. The van der Waals surface area contributed by atoms with Crippen molar-refractivity contribution in [2.45, 2.75) is 13.1 Å². The fourth-order valence-corrected chi connectivity index (χ4v) is 2.05. The van der Waals surface area contributed by atoms with Crippen LogP contribution in [-0.4, -0.2) is 25.9 Å². The first-order chi connectivity index (χ1) is 10.3. The summed E-state index contributed by atoms with van der Waals surface area (Å²) in [6.45, 7) is 0.380. The Balaban J connectivity index is 1.77. The van der Waals surface area contributed by atoms with E-state index in [2.05, 4.69) is 20.6 Å². The molecule has 7 heteroatoms. The monoisotopic (exact) mass is 282 g/mol. The third-order valence-corrected chi connectivity index (χ3v) is 3.01. The van der Waals surface area contributed by atoms with Gasteiger partial charge in [0.1, 0.15) is 6.54 Å². The van der Waals surface area contributed by atoms with Crippen LogP contribution in [0.2, 0.25) is 0 Å². The summed E-state index contributed by atoms with van der Waals surface area (Å²) in [5, 5.41) is 11.5. The molecule has 0 aliphatic carbocycles. The first kappa shape index (κ1) is 13.2. The molecule has 0 aliphatic rings. The van der Waals surface area contributed by atoms with Crippen molar-refractivity contribution < 1.29 is 4.79 Å². The number of carbonyl (C=O) groups is 1. The van der Waals surface area contributed by atoms with Crippen molar-refractivity contribution in [3.8, 4) is 0 Å². The van der Waals surface area contributed by atoms with Crippen molar-refractivity contribution in [3.05, 3.63) is 48.4 Å². The number of para-hydroxylation sites is 1. The molecule has 2 heterocycles. The second-order valence-electron chi connectivity index (χ2n) is 4.54. The van der Waals surface area contributed by atoms with E-state index < -0.39 is 0 Å². The molecule has 7 nitrogen and oxygen atoms in total. The highest BCUT2D eigenvalue weighted by atomic mass is 16.2. The van der Waals surface area contributed by atoms with Crippen molar-refractivity contribution in [2.24, 2.45) is 5.73 Å². The number of anilines is 1. The molecule has 2 aromatic heterocycles. The predicted octanol–water partition coefficient (Wildman–Crippen LogP) is 0.924. The van der Waals surface area contributed by atoms with Crippen LogP contribution in [0.25, 0.3) is 10.9 Å². The molecular weight excluding hydrogens is 268 g/mol. The fraction of sp³-hybridized carbons (Fsp3) is 0.143. The van der Waals surface area contributed by atoms with Crippen LogP contribution < -0.4 is 11.1 Å². The van der Waals surface area contributed by atoms with E-state index >= 15 is 0 Å². The molecule has 3 rings (SSSR count). The summed E-state index contributed by atoms with van der Waals surface area (Å²) in [7, 11) is 0. The smallest absolute Gasteiger partial charge is 0.246 e. The Morgan fingerprint density at radius 3 is 2.95 bits per heavy atom. The lowest BCUT2D eigenvalue weighted by atomic mass is 10.2. The van der Waals surface area contributed by atoms with Crippen LogP contribution in [0.4, 0.5) is 5.69 Å². The molecule has 3 N–H and O–H groups in total. The summed E-state index contributed by atoms with van der Waals surface area (Å²) < 4.78 is 1.45. The Labute approximate surface area is 120 Å². The van der Waals surface area contributed by atoms with Gasteiger partial charge in [0.15, 0.2) is 0 Å². The molecule has 0 aliphatic heterocycles. The number of nitrogens with two attached hydrogens (primary N) is 1. The number of carbonyl (C=O) groups excluding carboxylic acids is 1. The Hall–Kier alpha value is -2.80. The van der Waals surface area contributed by atoms with Gasteiger partial charge in [0, 0.05) is 18.1 Å². The minimum Gasteiger partial charge on any atom is -0.325 e. The van der Waals surface area contributed by atoms with Gasteiger partial charge in [0.25, 0.3) is 0 Å². The van der Waals surface area contributed by atoms with Gasteiger partial charge in [-0.25, -0.2) is 4.68 Å². The van der Waals surface area contributed by atoms with Gasteiger partial charge in [-0.05, 0) is 12.1 Å². The van der Waals surface area contributed by atoms with E-state index in [1.54, 1.807) is 12.4 Å². The summed E-state index contributed by atoms with van der Waals surface area (Å²) >= 11 is 0. The van der Waals surface area contributed by atoms with Crippen molar-refractivity contribution in [2.75, 3.05) is 5.32 Å². The molecule has 1 aromatic carbocycles. The predicted molar refractivity (Wildman–Crippen MR) is 78.3 cm³/mol. The number of hydrogen-bond donors (Lipinski definition) is 2. The van der Waals surface area contributed by atoms with Gasteiger partial charge in [-0.15, -0.1) is 5.10 Å². The van der Waals surface area contributed by atoms with Gasteiger partial charge in [-0.3, -0.25) is 9.78 Å². The van der Waals surface area contributed by atoms with Crippen LogP contribution in [0, 0.1) is 0 Å². The van der Waals surface area contributed by atoms with Crippen molar-refractivity contribution in [1.29, 1.82) is 0 Å². The van der Waals surface area contributed by atoms with Gasteiger partial charge >= 0.3 is 0 Å². The van der Waals surface area contributed by atoms with E-state index in [1.165, 1.54) is 4.68 Å². The van der Waals surface area contributed by atoms with Crippen molar-refractivity contribution >= 4 is 22.5 Å². The maximum Gasteiger partial charge on any atom is 0.246 e. The first-order valence-electron chi connectivity index (χ1n) is 6.49. The minimum atomic E-state index is -0.193. The van der Waals surface area contributed by atoms with Crippen molar-refractivity contribution in [1.82, 2.24) is 20.0 Å². The van der Waals surface area contributed by atoms with E-state index in [1.807, 2.05) is 30.3 Å². The summed E-state index contributed by atoms with van der Waals surface area (Å²) in [4.78, 5) is 16.4. The second kappa shape index (κ2) is 5.68. The normalized spacial score (nSPS) is 10.7. The number of nitrogens with one attached hydrogen (secondary N) is 1. The number of aromatic nitrogens is 4. The van der Waals surface area contributed by atoms with E-state index in [4.69, 9.17) is 5.73 Å². The number of fused-ring (bicyclic) bond motifs is 1. The molecule has 0 atom stereocenters. The molecule has 106 valence electrons. The largest absolute Gasteiger partial charge is 0.325 e. The minimum absolute atomic E-state index is 0.0796. The number of amides is 1. The highest BCUT2D eigenvalue weighted by Crippen LogP contribution is 2.20. The van der Waals surface area contributed by atoms with E-state index in [0.717, 1.165) is 10.9 Å². The van der Waals surface area contributed by atoms with Crippen LogP contribution in [0.3, 0.4) is 0 Å². The number of benzene rings is 1. The number of nitrogens with zero attached hydrogens (tertiary/aromatic N) is 4. The van der Waals surface area contributed by atoms with E-state index in [-0.39, 0.29) is 12.5 Å². The topological polar surface area (TPSA) is 98.7 Å². The highest BCUT2D eigenvalue weighted by Gasteiger charge is 2.08. The summed E-state index contributed by atoms with van der Waals surface area (Å²) in [6, 6.07) is 9.45. The lowest BCUT2D eigenvalue weighted by Gasteiger charge is -2.07. The zero-order valence-corrected chi connectivity index (χ0v) is 11.2. The Morgan fingerprint density at radius 2 is 2.14 bits per heavy atom. The van der Waals surface area contributed by atoms with Gasteiger partial charge in [-0.1, -0.05) is 23.4 Å². The molecule has 0 saturated heterocycles. The third-order valence-electron chi connectivity index (χ3n) is 3.01. The standard InChI is InChI=1S/C14H14N6O/c15-7-11-8-20(19-18-11)9-13(21)17-12-5-1-3-10-4-2-6-16-14(10)12/h1-6,8H,7,9,15H2,(H,17,21). The van der Waals surface area contributed by atoms with Crippen molar-refractivity contribution in [3.63, 3.8) is 0 Å². The quantitative estimate of drug-likeness (QED) is 0.741. The Bertz CT molecular complexity index is 776. The SMILES string of the molecule is NCc1cn(CC(=O)Nc2cccc3cccnc23)nn1. The molecule has 0 bridgehead atoms. The van der Waals surface area contributed by atoms with Crippen LogP contribution in [0.5, 0.6) is 0 Å².